The number of hydrogen-bond acceptors (Lipinski definition) is 1. The van der Waals surface area contributed by atoms with Crippen molar-refractivity contribution in [2.45, 2.75) is 0 Å². The zero-order valence-electron chi connectivity index (χ0n) is 13.4. The van der Waals surface area contributed by atoms with Gasteiger partial charge in [-0.25, -0.2) is 0 Å². The van der Waals surface area contributed by atoms with Crippen molar-refractivity contribution in [1.82, 2.24) is 4.98 Å². The molecule has 0 fully saturated rings. The summed E-state index contributed by atoms with van der Waals surface area (Å²) in [4.78, 5) is 4.70. The molecule has 1 nitrogen and oxygen atoms in total. The maximum absolute atomic E-state index is 4.70. The average molecular weight is 497 g/mol. The molecule has 5 aromatic rings. The Hall–Kier alpha value is -2.54. The molecule has 4 aromatic carbocycles. The molecule has 0 saturated carbocycles. The second-order valence-electron chi connectivity index (χ2n) is 5.98. The fraction of sp³-hybridized carbons (Fsp3) is 0. The Labute approximate surface area is 159 Å². The Bertz CT molecular complexity index is 1210. The van der Waals surface area contributed by atoms with E-state index in [1.54, 1.807) is 0 Å². The Morgan fingerprint density at radius 3 is 2.16 bits per heavy atom. The third-order valence-electron chi connectivity index (χ3n) is 4.63. The van der Waals surface area contributed by atoms with Gasteiger partial charge in [0.15, 0.2) is 0 Å². The second-order valence-corrected chi connectivity index (χ2v) is 5.98. The first-order chi connectivity index (χ1) is 11.9. The SMILES string of the molecule is [Ir].[c-]1ccc2ccccc2c1-c1nccc2c1ccc1ccccc12. The molecule has 121 valence electrons. The Kier molecular flexibility index (Phi) is 4.09. The Morgan fingerprint density at radius 2 is 1.32 bits per heavy atom. The monoisotopic (exact) mass is 497 g/mol. The van der Waals surface area contributed by atoms with Gasteiger partial charge in [-0.1, -0.05) is 66.0 Å². The van der Waals surface area contributed by atoms with Crippen LogP contribution in [0.2, 0.25) is 0 Å². The van der Waals surface area contributed by atoms with Crippen molar-refractivity contribution >= 4 is 32.3 Å². The van der Waals surface area contributed by atoms with Gasteiger partial charge in [0.1, 0.15) is 0 Å². The van der Waals surface area contributed by atoms with Crippen molar-refractivity contribution in [3.63, 3.8) is 0 Å². The maximum Gasteiger partial charge on any atom is 0.0167 e. The van der Waals surface area contributed by atoms with E-state index in [1.165, 1.54) is 32.3 Å². The minimum absolute atomic E-state index is 0. The predicted molar refractivity (Wildman–Crippen MR) is 101 cm³/mol. The van der Waals surface area contributed by atoms with Gasteiger partial charge in [-0.3, -0.25) is 0 Å². The minimum Gasteiger partial charge on any atom is -0.304 e. The van der Waals surface area contributed by atoms with Crippen LogP contribution in [0.25, 0.3) is 43.6 Å². The summed E-state index contributed by atoms with van der Waals surface area (Å²) in [5.74, 6) is 0. The molecule has 1 aromatic heterocycles. The fourth-order valence-electron chi connectivity index (χ4n) is 3.50. The van der Waals surface area contributed by atoms with Gasteiger partial charge in [-0.2, -0.15) is 0 Å². The van der Waals surface area contributed by atoms with E-state index < -0.39 is 0 Å². The van der Waals surface area contributed by atoms with Crippen LogP contribution >= 0.6 is 0 Å². The quantitative estimate of drug-likeness (QED) is 0.205. The average Bonchev–Trinajstić information content (AvgIpc) is 2.67. The molecule has 25 heavy (non-hydrogen) atoms. The first-order valence-corrected chi connectivity index (χ1v) is 8.08. The third kappa shape index (κ3) is 2.55. The van der Waals surface area contributed by atoms with Gasteiger partial charge >= 0.3 is 0 Å². The first kappa shape index (κ1) is 16.0. The number of pyridine rings is 1. The molecule has 0 aliphatic carbocycles. The van der Waals surface area contributed by atoms with Crippen molar-refractivity contribution in [1.29, 1.82) is 0 Å². The van der Waals surface area contributed by atoms with Crippen molar-refractivity contribution in [3.8, 4) is 11.3 Å². The van der Waals surface area contributed by atoms with Gasteiger partial charge in [0.05, 0.1) is 0 Å². The van der Waals surface area contributed by atoms with E-state index in [0.717, 1.165) is 11.3 Å². The van der Waals surface area contributed by atoms with E-state index in [9.17, 15) is 0 Å². The molecule has 0 spiro atoms. The standard InChI is InChI=1S/C23H14N.Ir/c1-4-10-19-16(6-1)8-5-11-21(19)23-22-13-12-17-7-2-3-9-18(17)20(22)14-15-24-23;/h1-10,12-15H;/q-1;. The molecule has 0 aliphatic heterocycles. The molecule has 0 aliphatic rings. The van der Waals surface area contributed by atoms with Crippen LogP contribution in [0.4, 0.5) is 0 Å². The summed E-state index contributed by atoms with van der Waals surface area (Å²) in [5.41, 5.74) is 2.06. The van der Waals surface area contributed by atoms with Crippen molar-refractivity contribution in [3.05, 3.63) is 91.1 Å². The molecule has 1 radical (unpaired) electrons. The zero-order chi connectivity index (χ0) is 15.9. The van der Waals surface area contributed by atoms with Crippen molar-refractivity contribution in [2.24, 2.45) is 0 Å². The molecule has 5 rings (SSSR count). The summed E-state index contributed by atoms with van der Waals surface area (Å²) in [6, 6.07) is 30.8. The summed E-state index contributed by atoms with van der Waals surface area (Å²) in [5, 5.41) is 7.32. The molecule has 0 atom stereocenters. The molecule has 1 heterocycles. The number of aromatic nitrogens is 1. The topological polar surface area (TPSA) is 12.9 Å². The number of hydrogen-bond donors (Lipinski definition) is 0. The van der Waals surface area contributed by atoms with E-state index in [4.69, 9.17) is 4.98 Å². The second kappa shape index (κ2) is 6.40. The van der Waals surface area contributed by atoms with E-state index in [-0.39, 0.29) is 20.1 Å². The van der Waals surface area contributed by atoms with E-state index in [0.29, 0.717) is 0 Å². The van der Waals surface area contributed by atoms with E-state index in [1.807, 2.05) is 12.3 Å². The van der Waals surface area contributed by atoms with Crippen LogP contribution in [0.5, 0.6) is 0 Å². The molecule has 2 heteroatoms. The summed E-state index contributed by atoms with van der Waals surface area (Å²) >= 11 is 0. The summed E-state index contributed by atoms with van der Waals surface area (Å²) in [6.07, 6.45) is 1.90. The summed E-state index contributed by atoms with van der Waals surface area (Å²) in [6.45, 7) is 0. The molecule has 0 bridgehead atoms. The third-order valence-corrected chi connectivity index (χ3v) is 4.63. The minimum atomic E-state index is 0. The van der Waals surface area contributed by atoms with Gasteiger partial charge in [-0.05, 0) is 33.3 Å². The van der Waals surface area contributed by atoms with Crippen LogP contribution in [-0.4, -0.2) is 4.98 Å². The smallest absolute Gasteiger partial charge is 0.0167 e. The number of benzene rings is 4. The van der Waals surface area contributed by atoms with Gasteiger partial charge in [0.25, 0.3) is 0 Å². The predicted octanol–water partition coefficient (Wildman–Crippen LogP) is 6.01. The molecule has 0 N–H and O–H groups in total. The largest absolute Gasteiger partial charge is 0.304 e. The van der Waals surface area contributed by atoms with Gasteiger partial charge in [0.2, 0.25) is 0 Å². The van der Waals surface area contributed by atoms with Gasteiger partial charge in [0, 0.05) is 26.3 Å². The van der Waals surface area contributed by atoms with Gasteiger partial charge in [-0.15, -0.1) is 29.1 Å². The summed E-state index contributed by atoms with van der Waals surface area (Å²) < 4.78 is 0. The molecule has 0 unspecified atom stereocenters. The van der Waals surface area contributed by atoms with Crippen LogP contribution in [0.1, 0.15) is 0 Å². The number of fused-ring (bicyclic) bond motifs is 4. The van der Waals surface area contributed by atoms with Crippen LogP contribution in [0.3, 0.4) is 0 Å². The summed E-state index contributed by atoms with van der Waals surface area (Å²) in [7, 11) is 0. The number of rotatable bonds is 1. The fourth-order valence-corrected chi connectivity index (χ4v) is 3.50. The molecule has 0 amide bonds. The number of nitrogens with zero attached hydrogens (tertiary/aromatic N) is 1. The zero-order valence-corrected chi connectivity index (χ0v) is 15.8. The molecular weight excluding hydrogens is 482 g/mol. The van der Waals surface area contributed by atoms with Crippen LogP contribution < -0.4 is 0 Å². The Balaban J connectivity index is 0.00000157. The van der Waals surface area contributed by atoms with Crippen molar-refractivity contribution in [2.75, 3.05) is 0 Å². The Morgan fingerprint density at radius 1 is 0.600 bits per heavy atom. The first-order valence-electron chi connectivity index (χ1n) is 8.08. The van der Waals surface area contributed by atoms with Crippen molar-refractivity contribution < 1.29 is 20.1 Å². The van der Waals surface area contributed by atoms with E-state index >= 15 is 0 Å². The van der Waals surface area contributed by atoms with E-state index in [2.05, 4.69) is 78.9 Å². The maximum atomic E-state index is 4.70. The van der Waals surface area contributed by atoms with Crippen LogP contribution in [0.15, 0.2) is 85.1 Å². The van der Waals surface area contributed by atoms with Crippen LogP contribution in [0, 0.1) is 6.07 Å². The normalized spacial score (nSPS) is 10.9. The molecular formula is C23H14IrN-. The van der Waals surface area contributed by atoms with Crippen LogP contribution in [-0.2, 0) is 20.1 Å². The molecule has 0 saturated heterocycles. The van der Waals surface area contributed by atoms with Gasteiger partial charge < -0.3 is 4.98 Å².